The second kappa shape index (κ2) is 7.60. The molecule has 0 radical (unpaired) electrons. The average Bonchev–Trinajstić information content (AvgIpc) is 3.49. The number of halogens is 1. The Morgan fingerprint density at radius 3 is 2.97 bits per heavy atom. The molecule has 2 fully saturated rings. The Kier molecular flexibility index (Phi) is 4.78. The molecule has 1 N–H and O–H groups in total. The maximum Gasteiger partial charge on any atom is 0.354 e. The number of aromatic carboxylic acids is 1. The van der Waals surface area contributed by atoms with E-state index in [2.05, 4.69) is 9.88 Å². The fourth-order valence-corrected chi connectivity index (χ4v) is 4.37. The number of imidazole rings is 1. The molecule has 3 aromatic rings. The molecule has 0 bridgehead atoms. The Labute approximate surface area is 172 Å². The molecule has 0 aliphatic carbocycles. The molecule has 2 aromatic heterocycles. The molecule has 0 spiro atoms. The molecule has 8 heteroatoms. The van der Waals surface area contributed by atoms with E-state index in [-0.39, 0.29) is 23.7 Å². The number of anilines is 1. The van der Waals surface area contributed by atoms with Crippen molar-refractivity contribution in [3.63, 3.8) is 0 Å². The van der Waals surface area contributed by atoms with Gasteiger partial charge in [0.25, 0.3) is 0 Å². The highest BCUT2D eigenvalue weighted by Gasteiger charge is 2.31. The van der Waals surface area contributed by atoms with Gasteiger partial charge in [-0.15, -0.1) is 0 Å². The molecule has 0 saturated carbocycles. The molecule has 4 heterocycles. The van der Waals surface area contributed by atoms with Crippen LogP contribution in [-0.4, -0.2) is 46.3 Å². The van der Waals surface area contributed by atoms with Gasteiger partial charge in [-0.3, -0.25) is 4.40 Å². The zero-order chi connectivity index (χ0) is 20.7. The van der Waals surface area contributed by atoms with Gasteiger partial charge in [-0.25, -0.2) is 14.2 Å². The molecular formula is C22H22FN3O4. The number of carboxylic acids is 1. The first kappa shape index (κ1) is 18.9. The number of pyridine rings is 1. The van der Waals surface area contributed by atoms with Crippen LogP contribution >= 0.6 is 0 Å². The van der Waals surface area contributed by atoms with Gasteiger partial charge in [0.1, 0.15) is 23.3 Å². The molecule has 2 unspecified atom stereocenters. The highest BCUT2D eigenvalue weighted by Crippen LogP contribution is 2.41. The summed E-state index contributed by atoms with van der Waals surface area (Å²) in [5.41, 5.74) is 2.36. The minimum Gasteiger partial charge on any atom is -0.488 e. The zero-order valence-corrected chi connectivity index (χ0v) is 16.3. The number of rotatable bonds is 5. The van der Waals surface area contributed by atoms with E-state index in [0.717, 1.165) is 37.1 Å². The van der Waals surface area contributed by atoms with Crippen molar-refractivity contribution in [2.24, 2.45) is 0 Å². The third-order valence-electron chi connectivity index (χ3n) is 5.81. The van der Waals surface area contributed by atoms with Gasteiger partial charge >= 0.3 is 5.97 Å². The Balaban J connectivity index is 1.51. The van der Waals surface area contributed by atoms with Crippen molar-refractivity contribution in [2.75, 3.05) is 24.7 Å². The number of fused-ring (bicyclic) bond motifs is 1. The smallest absolute Gasteiger partial charge is 0.354 e. The number of ether oxygens (including phenoxy) is 2. The van der Waals surface area contributed by atoms with E-state index in [1.54, 1.807) is 28.8 Å². The number of hydrogen-bond donors (Lipinski definition) is 1. The van der Waals surface area contributed by atoms with Crippen LogP contribution in [0.25, 0.3) is 5.65 Å². The third-order valence-corrected chi connectivity index (χ3v) is 5.81. The molecule has 2 aliphatic rings. The monoisotopic (exact) mass is 411 g/mol. The Morgan fingerprint density at radius 2 is 2.17 bits per heavy atom. The van der Waals surface area contributed by atoms with Gasteiger partial charge in [-0.2, -0.15) is 0 Å². The first-order valence-electron chi connectivity index (χ1n) is 10.1. The minimum atomic E-state index is -1.03. The highest BCUT2D eigenvalue weighted by molar-refractivity contribution is 5.86. The molecule has 7 nitrogen and oxygen atoms in total. The predicted molar refractivity (Wildman–Crippen MR) is 108 cm³/mol. The summed E-state index contributed by atoms with van der Waals surface area (Å²) in [5, 5.41) is 9.42. The van der Waals surface area contributed by atoms with Crippen LogP contribution in [0.3, 0.4) is 0 Å². The second-order valence-electron chi connectivity index (χ2n) is 7.70. The van der Waals surface area contributed by atoms with Crippen LogP contribution in [0.2, 0.25) is 0 Å². The Hall–Kier alpha value is -3.13. The molecule has 2 atom stereocenters. The molecule has 5 rings (SSSR count). The van der Waals surface area contributed by atoms with E-state index < -0.39 is 5.97 Å². The van der Waals surface area contributed by atoms with Crippen molar-refractivity contribution < 1.29 is 23.8 Å². The number of benzene rings is 1. The number of hydrogen-bond acceptors (Lipinski definition) is 5. The Morgan fingerprint density at radius 1 is 1.27 bits per heavy atom. The molecule has 30 heavy (non-hydrogen) atoms. The molecule has 1 aromatic carbocycles. The summed E-state index contributed by atoms with van der Waals surface area (Å²) in [6.45, 7) is 2.00. The lowest BCUT2D eigenvalue weighted by molar-refractivity contribution is 0.0689. The molecule has 0 amide bonds. The third kappa shape index (κ3) is 3.37. The SMILES string of the molecule is O=C(O)c1cnc2ccc(N3CCCC3c3cc(F)ccc3OC3CCOC3)cn12. The fourth-order valence-electron chi connectivity index (χ4n) is 4.37. The number of carboxylic acid groups (broad SMARTS) is 1. The summed E-state index contributed by atoms with van der Waals surface area (Å²) in [6.07, 6.45) is 5.74. The lowest BCUT2D eigenvalue weighted by Crippen LogP contribution is -2.25. The summed E-state index contributed by atoms with van der Waals surface area (Å²) in [6, 6.07) is 8.33. The summed E-state index contributed by atoms with van der Waals surface area (Å²) in [7, 11) is 0. The van der Waals surface area contributed by atoms with Crippen LogP contribution in [-0.2, 0) is 4.74 Å². The lowest BCUT2D eigenvalue weighted by atomic mass is 10.0. The van der Waals surface area contributed by atoms with Gasteiger partial charge in [0, 0.05) is 24.7 Å². The zero-order valence-electron chi connectivity index (χ0n) is 16.3. The van der Waals surface area contributed by atoms with Crippen molar-refractivity contribution in [2.45, 2.75) is 31.4 Å². The normalized spacial score (nSPS) is 21.4. The number of nitrogens with zero attached hydrogens (tertiary/aromatic N) is 3. The minimum absolute atomic E-state index is 0.0236. The number of carbonyl (C=O) groups is 1. The highest BCUT2D eigenvalue weighted by atomic mass is 19.1. The first-order chi connectivity index (χ1) is 14.6. The van der Waals surface area contributed by atoms with Crippen LogP contribution in [0.5, 0.6) is 5.75 Å². The van der Waals surface area contributed by atoms with Crippen LogP contribution in [0.15, 0.2) is 42.7 Å². The summed E-state index contributed by atoms with van der Waals surface area (Å²) < 4.78 is 27.3. The maximum absolute atomic E-state index is 14.2. The van der Waals surface area contributed by atoms with Gasteiger partial charge in [0.2, 0.25) is 0 Å². The average molecular weight is 411 g/mol. The van der Waals surface area contributed by atoms with E-state index in [9.17, 15) is 14.3 Å². The maximum atomic E-state index is 14.2. The summed E-state index contributed by atoms with van der Waals surface area (Å²) in [5.74, 6) is -0.652. The van der Waals surface area contributed by atoms with Crippen LogP contribution in [0.1, 0.15) is 41.4 Å². The van der Waals surface area contributed by atoms with Crippen molar-refractivity contribution in [1.82, 2.24) is 9.38 Å². The summed E-state index contributed by atoms with van der Waals surface area (Å²) >= 11 is 0. The van der Waals surface area contributed by atoms with Crippen molar-refractivity contribution in [1.29, 1.82) is 0 Å². The topological polar surface area (TPSA) is 76.3 Å². The van der Waals surface area contributed by atoms with Crippen LogP contribution in [0.4, 0.5) is 10.1 Å². The second-order valence-corrected chi connectivity index (χ2v) is 7.70. The van der Waals surface area contributed by atoms with Gasteiger partial charge in [0.05, 0.1) is 31.1 Å². The van der Waals surface area contributed by atoms with E-state index in [0.29, 0.717) is 24.6 Å². The van der Waals surface area contributed by atoms with E-state index in [1.165, 1.54) is 12.3 Å². The van der Waals surface area contributed by atoms with E-state index in [4.69, 9.17) is 9.47 Å². The summed E-state index contributed by atoms with van der Waals surface area (Å²) in [4.78, 5) is 17.8. The molecule has 2 aliphatic heterocycles. The predicted octanol–water partition coefficient (Wildman–Crippen LogP) is 3.68. The van der Waals surface area contributed by atoms with Gasteiger partial charge in [-0.05, 0) is 43.2 Å². The molecular weight excluding hydrogens is 389 g/mol. The molecule has 2 saturated heterocycles. The quantitative estimate of drug-likeness (QED) is 0.690. The van der Waals surface area contributed by atoms with Gasteiger partial charge in [-0.1, -0.05) is 0 Å². The number of aromatic nitrogens is 2. The fraction of sp³-hybridized carbons (Fsp3) is 0.364. The largest absolute Gasteiger partial charge is 0.488 e. The van der Waals surface area contributed by atoms with Crippen molar-refractivity contribution in [3.8, 4) is 5.75 Å². The van der Waals surface area contributed by atoms with Crippen molar-refractivity contribution >= 4 is 17.3 Å². The van der Waals surface area contributed by atoms with E-state index >= 15 is 0 Å². The Bertz CT molecular complexity index is 1090. The molecule has 156 valence electrons. The van der Waals surface area contributed by atoms with Gasteiger partial charge < -0.3 is 19.5 Å². The first-order valence-corrected chi connectivity index (χ1v) is 10.1. The van der Waals surface area contributed by atoms with Crippen molar-refractivity contribution in [3.05, 3.63) is 59.8 Å². The van der Waals surface area contributed by atoms with Gasteiger partial charge in [0.15, 0.2) is 5.69 Å². The van der Waals surface area contributed by atoms with E-state index in [1.807, 2.05) is 6.07 Å². The van der Waals surface area contributed by atoms with Crippen LogP contribution in [0, 0.1) is 5.82 Å². The standard InChI is InChI=1S/C22H22FN3O4/c23-14-3-5-20(30-16-7-9-29-13-16)17(10-14)18-2-1-8-25(18)15-4-6-21-24-11-19(22(27)28)26(21)12-15/h3-6,10-12,16,18H,1-2,7-9,13H2,(H,27,28). The van der Waals surface area contributed by atoms with Crippen LogP contribution < -0.4 is 9.64 Å². The lowest BCUT2D eigenvalue weighted by Gasteiger charge is -2.29.